The van der Waals surface area contributed by atoms with Crippen molar-refractivity contribution in [2.24, 2.45) is 23.5 Å². The molecule has 1 rings (SSSR count). The Bertz CT molecular complexity index is 215. The first-order valence-corrected chi connectivity index (χ1v) is 7.52. The standard InChI is InChI=1S/C15H32N2O/c1-12(2)8-13(3)15(9-16)17(4)10-14-6-5-7-18-11-14/h12-15H,5-11,16H2,1-4H3. The minimum Gasteiger partial charge on any atom is -0.381 e. The summed E-state index contributed by atoms with van der Waals surface area (Å²) in [5.74, 6) is 2.12. The maximum atomic E-state index is 5.98. The number of ether oxygens (including phenoxy) is 1. The number of hydrogen-bond acceptors (Lipinski definition) is 3. The van der Waals surface area contributed by atoms with E-state index in [1.54, 1.807) is 0 Å². The van der Waals surface area contributed by atoms with Gasteiger partial charge in [-0.2, -0.15) is 0 Å². The minimum absolute atomic E-state index is 0.509. The van der Waals surface area contributed by atoms with Crippen molar-refractivity contribution in [3.63, 3.8) is 0 Å². The highest BCUT2D eigenvalue weighted by atomic mass is 16.5. The molecule has 0 amide bonds. The normalized spacial score (nSPS) is 24.5. The van der Waals surface area contributed by atoms with E-state index in [9.17, 15) is 0 Å². The molecule has 3 unspecified atom stereocenters. The van der Waals surface area contributed by atoms with E-state index in [1.807, 2.05) is 0 Å². The van der Waals surface area contributed by atoms with Crippen molar-refractivity contribution in [3.05, 3.63) is 0 Å². The van der Waals surface area contributed by atoms with Crippen molar-refractivity contribution >= 4 is 0 Å². The van der Waals surface area contributed by atoms with Gasteiger partial charge in [0.2, 0.25) is 0 Å². The fraction of sp³-hybridized carbons (Fsp3) is 1.00. The van der Waals surface area contributed by atoms with Crippen molar-refractivity contribution in [2.45, 2.75) is 46.1 Å². The van der Waals surface area contributed by atoms with Crippen LogP contribution in [-0.4, -0.2) is 44.3 Å². The summed E-state index contributed by atoms with van der Waals surface area (Å²) in [6.07, 6.45) is 3.78. The lowest BCUT2D eigenvalue weighted by molar-refractivity contribution is 0.0315. The molecule has 108 valence electrons. The molecule has 1 saturated heterocycles. The number of rotatable bonds is 7. The summed E-state index contributed by atoms with van der Waals surface area (Å²) in [5.41, 5.74) is 5.98. The van der Waals surface area contributed by atoms with Crippen LogP contribution in [0.5, 0.6) is 0 Å². The monoisotopic (exact) mass is 256 g/mol. The molecule has 3 atom stereocenters. The zero-order valence-electron chi connectivity index (χ0n) is 12.7. The van der Waals surface area contributed by atoms with E-state index in [0.717, 1.165) is 32.2 Å². The van der Waals surface area contributed by atoms with Crippen LogP contribution in [0.4, 0.5) is 0 Å². The summed E-state index contributed by atoms with van der Waals surface area (Å²) in [7, 11) is 2.23. The Balaban J connectivity index is 2.42. The van der Waals surface area contributed by atoms with Gasteiger partial charge in [0.1, 0.15) is 0 Å². The third-order valence-corrected chi connectivity index (χ3v) is 4.11. The third kappa shape index (κ3) is 5.25. The molecule has 1 aliphatic heterocycles. The molecule has 0 aromatic rings. The van der Waals surface area contributed by atoms with Crippen LogP contribution in [-0.2, 0) is 4.74 Å². The second-order valence-corrected chi connectivity index (χ2v) is 6.43. The average Bonchev–Trinajstić information content (AvgIpc) is 2.30. The second-order valence-electron chi connectivity index (χ2n) is 6.43. The molecule has 1 heterocycles. The lowest BCUT2D eigenvalue weighted by Crippen LogP contribution is -2.45. The zero-order chi connectivity index (χ0) is 13.5. The predicted octanol–water partition coefficient (Wildman–Crippen LogP) is 2.35. The summed E-state index contributed by atoms with van der Waals surface area (Å²) >= 11 is 0. The van der Waals surface area contributed by atoms with E-state index in [-0.39, 0.29) is 0 Å². The molecular weight excluding hydrogens is 224 g/mol. The SMILES string of the molecule is CC(C)CC(C)C(CN)N(C)CC1CCCOC1. The Hall–Kier alpha value is -0.120. The molecule has 0 aromatic carbocycles. The summed E-state index contributed by atoms with van der Waals surface area (Å²) < 4.78 is 5.56. The molecule has 1 fully saturated rings. The fourth-order valence-corrected chi connectivity index (χ4v) is 3.24. The molecule has 0 bridgehead atoms. The molecule has 18 heavy (non-hydrogen) atoms. The van der Waals surface area contributed by atoms with Gasteiger partial charge in [0.25, 0.3) is 0 Å². The molecule has 0 saturated carbocycles. The first-order chi connectivity index (χ1) is 8.54. The van der Waals surface area contributed by atoms with Crippen molar-refractivity contribution < 1.29 is 4.74 Å². The average molecular weight is 256 g/mol. The second kappa shape index (κ2) is 8.13. The van der Waals surface area contributed by atoms with Gasteiger partial charge in [-0.3, -0.25) is 0 Å². The smallest absolute Gasteiger partial charge is 0.0506 e. The van der Waals surface area contributed by atoms with E-state index in [1.165, 1.54) is 19.3 Å². The lowest BCUT2D eigenvalue weighted by Gasteiger charge is -2.36. The van der Waals surface area contributed by atoms with Crippen LogP contribution in [0, 0.1) is 17.8 Å². The first kappa shape index (κ1) is 15.9. The van der Waals surface area contributed by atoms with Crippen LogP contribution in [0.3, 0.4) is 0 Å². The van der Waals surface area contributed by atoms with Crippen LogP contribution >= 0.6 is 0 Å². The van der Waals surface area contributed by atoms with E-state index < -0.39 is 0 Å². The number of likely N-dealkylation sites (N-methyl/N-ethyl adjacent to an activating group) is 1. The molecule has 0 aliphatic carbocycles. The molecule has 3 heteroatoms. The van der Waals surface area contributed by atoms with Gasteiger partial charge in [-0.15, -0.1) is 0 Å². The van der Waals surface area contributed by atoms with Crippen molar-refractivity contribution in [2.75, 3.05) is 33.4 Å². The first-order valence-electron chi connectivity index (χ1n) is 7.52. The molecule has 1 aliphatic rings. The van der Waals surface area contributed by atoms with Gasteiger partial charge < -0.3 is 15.4 Å². The van der Waals surface area contributed by atoms with Crippen molar-refractivity contribution in [3.8, 4) is 0 Å². The van der Waals surface area contributed by atoms with E-state index >= 15 is 0 Å². The van der Waals surface area contributed by atoms with Crippen LogP contribution in [0.2, 0.25) is 0 Å². The van der Waals surface area contributed by atoms with Crippen LogP contribution < -0.4 is 5.73 Å². The quantitative estimate of drug-likeness (QED) is 0.760. The Labute approximate surface area is 113 Å². The summed E-state index contributed by atoms with van der Waals surface area (Å²) in [6.45, 7) is 10.7. The van der Waals surface area contributed by atoms with Gasteiger partial charge in [0, 0.05) is 25.7 Å². The van der Waals surface area contributed by atoms with E-state index in [2.05, 4.69) is 32.7 Å². The maximum Gasteiger partial charge on any atom is 0.0506 e. The molecular formula is C15H32N2O. The van der Waals surface area contributed by atoms with Crippen LogP contribution in [0.25, 0.3) is 0 Å². The van der Waals surface area contributed by atoms with Gasteiger partial charge >= 0.3 is 0 Å². The minimum atomic E-state index is 0.509. The van der Waals surface area contributed by atoms with Crippen molar-refractivity contribution in [1.29, 1.82) is 0 Å². The summed E-state index contributed by atoms with van der Waals surface area (Å²) in [6, 6.07) is 0.509. The zero-order valence-corrected chi connectivity index (χ0v) is 12.7. The Kier molecular flexibility index (Phi) is 7.20. The van der Waals surface area contributed by atoms with Crippen LogP contribution in [0.15, 0.2) is 0 Å². The van der Waals surface area contributed by atoms with E-state index in [0.29, 0.717) is 17.9 Å². The molecule has 0 aromatic heterocycles. The van der Waals surface area contributed by atoms with Gasteiger partial charge in [0.15, 0.2) is 0 Å². The summed E-state index contributed by atoms with van der Waals surface area (Å²) in [4.78, 5) is 2.46. The Morgan fingerprint density at radius 2 is 2.06 bits per heavy atom. The van der Waals surface area contributed by atoms with Gasteiger partial charge in [-0.25, -0.2) is 0 Å². The van der Waals surface area contributed by atoms with Gasteiger partial charge in [-0.05, 0) is 44.1 Å². The maximum absolute atomic E-state index is 5.98. The summed E-state index contributed by atoms with van der Waals surface area (Å²) in [5, 5.41) is 0. The number of hydrogen-bond donors (Lipinski definition) is 1. The number of nitrogens with zero attached hydrogens (tertiary/aromatic N) is 1. The number of nitrogens with two attached hydrogens (primary N) is 1. The fourth-order valence-electron chi connectivity index (χ4n) is 3.24. The van der Waals surface area contributed by atoms with Crippen molar-refractivity contribution in [1.82, 2.24) is 4.90 Å². The highest BCUT2D eigenvalue weighted by Crippen LogP contribution is 2.21. The molecule has 0 spiro atoms. The Morgan fingerprint density at radius 3 is 2.56 bits per heavy atom. The van der Waals surface area contributed by atoms with E-state index in [4.69, 9.17) is 10.5 Å². The molecule has 3 nitrogen and oxygen atoms in total. The largest absolute Gasteiger partial charge is 0.381 e. The highest BCUT2D eigenvalue weighted by Gasteiger charge is 2.24. The third-order valence-electron chi connectivity index (χ3n) is 4.11. The predicted molar refractivity (Wildman–Crippen MR) is 77.6 cm³/mol. The molecule has 2 N–H and O–H groups in total. The highest BCUT2D eigenvalue weighted by molar-refractivity contribution is 4.79. The van der Waals surface area contributed by atoms with Gasteiger partial charge in [0.05, 0.1) is 6.61 Å². The van der Waals surface area contributed by atoms with Crippen LogP contribution in [0.1, 0.15) is 40.0 Å². The van der Waals surface area contributed by atoms with Gasteiger partial charge in [-0.1, -0.05) is 20.8 Å². The lowest BCUT2D eigenvalue weighted by atomic mass is 9.90. The molecule has 0 radical (unpaired) electrons. The Morgan fingerprint density at radius 1 is 1.33 bits per heavy atom. The topological polar surface area (TPSA) is 38.5 Å².